The van der Waals surface area contributed by atoms with Gasteiger partial charge in [0.15, 0.2) is 12.2 Å². The van der Waals surface area contributed by atoms with Crippen LogP contribution in [0.25, 0.3) is 0 Å². The molecule has 0 aliphatic carbocycles. The highest BCUT2D eigenvalue weighted by Gasteiger charge is 2.29. The normalized spacial score (nSPS) is 11.5. The van der Waals surface area contributed by atoms with Gasteiger partial charge in [0.2, 0.25) is 0 Å². The van der Waals surface area contributed by atoms with Crippen LogP contribution in [-0.2, 0) is 49.1 Å². The Kier molecular flexibility index (Phi) is 30.2. The molecule has 0 heterocycles. The average molecular weight is 620 g/mol. The van der Waals surface area contributed by atoms with Crippen LogP contribution in [0.4, 0.5) is 0 Å². The fourth-order valence-electron chi connectivity index (χ4n) is 0.484. The number of carboxylic acid groups (broad SMARTS) is 5. The molecule has 0 saturated carbocycles. The molecule has 2 unspecified atom stereocenters. The first-order valence-corrected chi connectivity index (χ1v) is 12.5. The van der Waals surface area contributed by atoms with Crippen LogP contribution in [0.1, 0.15) is 19.8 Å². The SMILES string of the molecule is CC(=O)O.CS(=O)(=O)O.O=C(O)C(O)C(O)C(=O)O.O=C(O)CCC(=O)O.O=P(O)(O)O.O=S(=O)(O)O. The van der Waals surface area contributed by atoms with E-state index in [0.717, 1.165) is 6.92 Å². The monoisotopic (exact) mass is 620 g/mol. The van der Waals surface area contributed by atoms with Crippen molar-refractivity contribution in [3.8, 4) is 0 Å². The van der Waals surface area contributed by atoms with E-state index >= 15 is 0 Å². The molecule has 224 valence electrons. The number of phosphoric acid groups is 1. The van der Waals surface area contributed by atoms with Gasteiger partial charge in [0.25, 0.3) is 16.1 Å². The summed E-state index contributed by atoms with van der Waals surface area (Å²) in [5.41, 5.74) is 0. The molecule has 0 bridgehead atoms. The van der Waals surface area contributed by atoms with Gasteiger partial charge >= 0.3 is 42.1 Å². The number of hydrogen-bond acceptors (Lipinski definition) is 12. The summed E-state index contributed by atoms with van der Waals surface area (Å²) in [7, 11) is -13.0. The van der Waals surface area contributed by atoms with Crippen molar-refractivity contribution in [3.05, 3.63) is 0 Å². The number of hydrogen-bond donors (Lipinski definition) is 13. The van der Waals surface area contributed by atoms with Gasteiger partial charge in [-0.25, -0.2) is 14.2 Å². The molecule has 0 aliphatic heterocycles. The lowest BCUT2D eigenvalue weighted by Crippen LogP contribution is -2.39. The van der Waals surface area contributed by atoms with Gasteiger partial charge in [-0.3, -0.25) is 28.0 Å². The number of rotatable bonds is 6. The van der Waals surface area contributed by atoms with E-state index in [1.165, 1.54) is 0 Å². The zero-order valence-corrected chi connectivity index (χ0v) is 20.8. The van der Waals surface area contributed by atoms with Gasteiger partial charge in [-0.2, -0.15) is 16.8 Å². The van der Waals surface area contributed by atoms with Crippen LogP contribution in [0.15, 0.2) is 0 Å². The molecule has 0 spiro atoms. The van der Waals surface area contributed by atoms with Crippen molar-refractivity contribution in [1.82, 2.24) is 0 Å². The van der Waals surface area contributed by atoms with Gasteiger partial charge in [-0.05, 0) is 0 Å². The lowest BCUT2D eigenvalue weighted by atomic mass is 10.2. The van der Waals surface area contributed by atoms with E-state index in [4.69, 9.17) is 81.9 Å². The van der Waals surface area contributed by atoms with Gasteiger partial charge in [0, 0.05) is 6.92 Å². The Hall–Kier alpha value is -2.84. The van der Waals surface area contributed by atoms with Gasteiger partial charge < -0.3 is 50.4 Å². The van der Waals surface area contributed by atoms with Crippen molar-refractivity contribution in [2.75, 3.05) is 6.26 Å². The summed E-state index contributed by atoms with van der Waals surface area (Å²) in [6.07, 6.45) is -4.41. The molecule has 0 amide bonds. The van der Waals surface area contributed by atoms with Crippen LogP contribution in [0.5, 0.6) is 0 Å². The first kappa shape index (κ1) is 47.4. The Morgan fingerprint density at radius 3 is 0.838 bits per heavy atom. The van der Waals surface area contributed by atoms with Crippen LogP contribution < -0.4 is 0 Å². The van der Waals surface area contributed by atoms with Crippen molar-refractivity contribution >= 4 is 58.2 Å². The number of aliphatic hydroxyl groups is 2. The highest BCUT2D eigenvalue weighted by atomic mass is 32.3. The maximum absolute atomic E-state index is 9.77. The Bertz CT molecular complexity index is 855. The van der Waals surface area contributed by atoms with Crippen LogP contribution in [-0.4, -0.2) is 129 Å². The molecule has 0 rings (SSSR count). The minimum atomic E-state index is -4.67. The first-order chi connectivity index (χ1) is 15.8. The molecular formula is C11H25O23PS2. The predicted molar refractivity (Wildman–Crippen MR) is 111 cm³/mol. The molecule has 0 aromatic rings. The second-order valence-corrected chi connectivity index (χ2v) is 8.46. The molecule has 13 N–H and O–H groups in total. The second kappa shape index (κ2) is 23.6. The molecule has 0 aromatic carbocycles. The topological polar surface area (TPSA) is 434 Å². The largest absolute Gasteiger partial charge is 0.481 e. The summed E-state index contributed by atoms with van der Waals surface area (Å²) in [5, 5.41) is 55.7. The summed E-state index contributed by atoms with van der Waals surface area (Å²) >= 11 is 0. The van der Waals surface area contributed by atoms with E-state index in [2.05, 4.69) is 0 Å². The number of aliphatic hydroxyl groups excluding tert-OH is 2. The standard InChI is InChI=1S/C4H6O6.C4H6O4.C2H4O2.CH4O3S.H3O4P.H2O4S/c5-1(3(7)8)2(6)4(9)10;5-3(6)1-2-4(7)8;1-2(3)4;3*1-5(2,3)4/h1-2,5-6H,(H,7,8)(H,9,10);1-2H2,(H,5,6)(H,7,8);1H3,(H,3,4);1H3,(H,2,3,4);(H3,1,2,3,4);(H2,1,2,3,4). The Labute approximate surface area is 206 Å². The van der Waals surface area contributed by atoms with E-state index in [-0.39, 0.29) is 12.8 Å². The van der Waals surface area contributed by atoms with E-state index in [1.54, 1.807) is 0 Å². The number of aliphatic carboxylic acids is 5. The van der Waals surface area contributed by atoms with Crippen molar-refractivity contribution < 1.29 is 109 Å². The molecule has 0 saturated heterocycles. The average Bonchev–Trinajstić information content (AvgIpc) is 2.54. The third kappa shape index (κ3) is 161. The summed E-state index contributed by atoms with van der Waals surface area (Å²) in [4.78, 5) is 69.4. The van der Waals surface area contributed by atoms with Crippen molar-refractivity contribution in [2.24, 2.45) is 0 Å². The van der Waals surface area contributed by atoms with Gasteiger partial charge in [0.1, 0.15) is 0 Å². The quantitative estimate of drug-likeness (QED) is 0.0988. The summed E-state index contributed by atoms with van der Waals surface area (Å²) < 4.78 is 66.3. The van der Waals surface area contributed by atoms with Crippen molar-refractivity contribution in [2.45, 2.75) is 32.0 Å². The van der Waals surface area contributed by atoms with Crippen LogP contribution in [0, 0.1) is 0 Å². The minimum absolute atomic E-state index is 0.296. The van der Waals surface area contributed by atoms with Crippen molar-refractivity contribution in [1.29, 1.82) is 0 Å². The summed E-state index contributed by atoms with van der Waals surface area (Å²) in [6.45, 7) is 1.08. The third-order valence-corrected chi connectivity index (χ3v) is 1.36. The minimum Gasteiger partial charge on any atom is -0.481 e. The van der Waals surface area contributed by atoms with Crippen molar-refractivity contribution in [3.63, 3.8) is 0 Å². The smallest absolute Gasteiger partial charge is 0.466 e. The highest BCUT2D eigenvalue weighted by Crippen LogP contribution is 2.25. The lowest BCUT2D eigenvalue weighted by Gasteiger charge is -2.07. The van der Waals surface area contributed by atoms with E-state index in [0.29, 0.717) is 6.26 Å². The highest BCUT2D eigenvalue weighted by molar-refractivity contribution is 7.85. The van der Waals surface area contributed by atoms with Crippen LogP contribution in [0.2, 0.25) is 0 Å². The zero-order valence-electron chi connectivity index (χ0n) is 18.2. The number of carbonyl (C=O) groups is 5. The molecule has 0 fully saturated rings. The van der Waals surface area contributed by atoms with Gasteiger partial charge in [-0.15, -0.1) is 0 Å². The molecule has 0 aliphatic rings. The Balaban J connectivity index is -0.0000000806. The fraction of sp³-hybridized carbons (Fsp3) is 0.545. The zero-order chi connectivity index (χ0) is 32.0. The third-order valence-electron chi connectivity index (χ3n) is 1.36. The van der Waals surface area contributed by atoms with E-state index < -0.39 is 70.4 Å². The maximum atomic E-state index is 9.77. The van der Waals surface area contributed by atoms with E-state index in [9.17, 15) is 27.6 Å². The summed E-state index contributed by atoms with van der Waals surface area (Å²) in [5.74, 6) is -6.52. The van der Waals surface area contributed by atoms with E-state index in [1.807, 2.05) is 0 Å². The molecule has 26 heteroatoms. The Morgan fingerprint density at radius 1 is 0.676 bits per heavy atom. The van der Waals surface area contributed by atoms with Gasteiger partial charge in [0.05, 0.1) is 19.1 Å². The first-order valence-electron chi connectivity index (χ1n) is 7.68. The molecule has 23 nitrogen and oxygen atoms in total. The second-order valence-electron chi connectivity index (χ2n) is 5.07. The summed E-state index contributed by atoms with van der Waals surface area (Å²) in [6, 6.07) is 0. The van der Waals surface area contributed by atoms with Crippen LogP contribution >= 0.6 is 7.82 Å². The van der Waals surface area contributed by atoms with Gasteiger partial charge in [-0.1, -0.05) is 0 Å². The maximum Gasteiger partial charge on any atom is 0.466 e. The Morgan fingerprint density at radius 2 is 0.784 bits per heavy atom. The lowest BCUT2D eigenvalue weighted by molar-refractivity contribution is -0.165. The molecule has 0 aromatic heterocycles. The van der Waals surface area contributed by atoms with Crippen LogP contribution in [0.3, 0.4) is 0 Å². The fourth-order valence-corrected chi connectivity index (χ4v) is 0.484. The number of carboxylic acids is 5. The molecular weight excluding hydrogens is 595 g/mol. The molecule has 2 atom stereocenters. The predicted octanol–water partition coefficient (Wildman–Crippen LogP) is -4.17. The molecule has 37 heavy (non-hydrogen) atoms. The molecule has 0 radical (unpaired) electrons.